The topological polar surface area (TPSA) is 86.8 Å². The molecule has 1 N–H and O–H groups in total. The number of anilines is 1. The predicted molar refractivity (Wildman–Crippen MR) is 152 cm³/mol. The number of nitrogens with one attached hydrogen (secondary N) is 1. The van der Waals surface area contributed by atoms with E-state index in [4.69, 9.17) is 0 Å². The normalized spacial score (nSPS) is 12.0. The zero-order valence-electron chi connectivity index (χ0n) is 22.9. The second-order valence-electron chi connectivity index (χ2n) is 9.73. The summed E-state index contributed by atoms with van der Waals surface area (Å²) in [5, 5.41) is 2.91. The van der Waals surface area contributed by atoms with Gasteiger partial charge in [0.25, 0.3) is 0 Å². The maximum Gasteiger partial charge on any atom is 0.244 e. The lowest BCUT2D eigenvalue weighted by Gasteiger charge is -2.33. The fourth-order valence-electron chi connectivity index (χ4n) is 4.32. The number of carbonyl (C=O) groups is 2. The van der Waals surface area contributed by atoms with Gasteiger partial charge in [-0.2, -0.15) is 0 Å². The first-order chi connectivity index (χ1) is 19.0. The zero-order valence-corrected chi connectivity index (χ0v) is 23.8. The summed E-state index contributed by atoms with van der Waals surface area (Å²) in [4.78, 5) is 28.8. The molecule has 214 valence electrons. The van der Waals surface area contributed by atoms with E-state index in [9.17, 15) is 26.8 Å². The number of hydrogen-bond donors (Lipinski definition) is 1. The molecule has 7 nitrogen and oxygen atoms in total. The number of amides is 2. The molecule has 3 rings (SSSR count). The van der Waals surface area contributed by atoms with Crippen LogP contribution in [0.1, 0.15) is 36.5 Å². The number of halogens is 2. The highest BCUT2D eigenvalue weighted by atomic mass is 32.2. The lowest BCUT2D eigenvalue weighted by Crippen LogP contribution is -2.53. The molecule has 0 aliphatic heterocycles. The Kier molecular flexibility index (Phi) is 10.8. The second kappa shape index (κ2) is 14.0. The van der Waals surface area contributed by atoms with Crippen LogP contribution in [0.15, 0.2) is 72.8 Å². The Balaban J connectivity index is 2.04. The molecule has 0 spiro atoms. The Morgan fingerprint density at radius 3 is 2.25 bits per heavy atom. The van der Waals surface area contributed by atoms with Gasteiger partial charge in [-0.05, 0) is 36.6 Å². The van der Waals surface area contributed by atoms with Crippen molar-refractivity contribution in [3.8, 4) is 0 Å². The molecule has 0 radical (unpaired) electrons. The van der Waals surface area contributed by atoms with Crippen molar-refractivity contribution in [2.24, 2.45) is 0 Å². The van der Waals surface area contributed by atoms with Crippen LogP contribution in [-0.4, -0.2) is 50.5 Å². The fourth-order valence-corrected chi connectivity index (χ4v) is 5.16. The molecule has 40 heavy (non-hydrogen) atoms. The highest BCUT2D eigenvalue weighted by Gasteiger charge is 2.33. The third kappa shape index (κ3) is 8.61. The highest BCUT2D eigenvalue weighted by molar-refractivity contribution is 7.92. The molecule has 3 aromatic carbocycles. The molecule has 0 heterocycles. The van der Waals surface area contributed by atoms with E-state index in [0.29, 0.717) is 6.54 Å². The van der Waals surface area contributed by atoms with Crippen molar-refractivity contribution in [2.45, 2.75) is 45.7 Å². The first-order valence-corrected chi connectivity index (χ1v) is 14.9. The first-order valence-electron chi connectivity index (χ1n) is 13.1. The standard InChI is InChI=1S/C30H35F2N3O4S/c1-4-5-16-33-30(37)28(18-23-11-7-6-8-12-23)34(20-24-13-9-10-22(2)17-24)29(36)21-35(40(3,38)39)25-14-15-26(31)27(32)19-25/h6-15,17,19,28H,4-5,16,18,20-21H2,1-3H3,(H,33,37). The number of unbranched alkanes of at least 4 members (excludes halogenated alkanes) is 1. The largest absolute Gasteiger partial charge is 0.354 e. The van der Waals surface area contributed by atoms with E-state index < -0.39 is 40.2 Å². The van der Waals surface area contributed by atoms with Crippen LogP contribution in [0.25, 0.3) is 0 Å². The monoisotopic (exact) mass is 571 g/mol. The predicted octanol–water partition coefficient (Wildman–Crippen LogP) is 4.60. The summed E-state index contributed by atoms with van der Waals surface area (Å²) in [6, 6.07) is 18.3. The molecule has 10 heteroatoms. The van der Waals surface area contributed by atoms with Gasteiger partial charge in [0.15, 0.2) is 11.6 Å². The first kappa shape index (κ1) is 30.7. The minimum atomic E-state index is -4.08. The summed E-state index contributed by atoms with van der Waals surface area (Å²) in [7, 11) is -4.08. The lowest BCUT2D eigenvalue weighted by atomic mass is 10.0. The number of rotatable bonds is 13. The smallest absolute Gasteiger partial charge is 0.244 e. The van der Waals surface area contributed by atoms with Gasteiger partial charge in [0.1, 0.15) is 12.6 Å². The molecular formula is C30H35F2N3O4S. The molecule has 0 fully saturated rings. The van der Waals surface area contributed by atoms with Crippen molar-refractivity contribution < 1.29 is 26.8 Å². The number of aryl methyl sites for hydroxylation is 1. The molecule has 0 saturated carbocycles. The van der Waals surface area contributed by atoms with Gasteiger partial charge in [-0.1, -0.05) is 73.5 Å². The molecule has 0 aliphatic carbocycles. The molecule has 0 bridgehead atoms. The van der Waals surface area contributed by atoms with Gasteiger partial charge >= 0.3 is 0 Å². The molecule has 1 atom stereocenters. The zero-order chi connectivity index (χ0) is 29.3. The quantitative estimate of drug-likeness (QED) is 0.304. The SMILES string of the molecule is CCCCNC(=O)C(Cc1ccccc1)N(Cc1cccc(C)c1)C(=O)CN(c1ccc(F)c(F)c1)S(C)(=O)=O. The van der Waals surface area contributed by atoms with Crippen molar-refractivity contribution in [3.05, 3.63) is 101 Å². The number of nitrogens with zero attached hydrogens (tertiary/aromatic N) is 2. The molecule has 0 aliphatic rings. The molecule has 0 saturated heterocycles. The average molecular weight is 572 g/mol. The summed E-state index contributed by atoms with van der Waals surface area (Å²) in [6.07, 6.45) is 2.70. The van der Waals surface area contributed by atoms with Crippen LogP contribution in [0.3, 0.4) is 0 Å². The van der Waals surface area contributed by atoms with Gasteiger partial charge in [0.05, 0.1) is 11.9 Å². The molecular weight excluding hydrogens is 536 g/mol. The minimum Gasteiger partial charge on any atom is -0.354 e. The van der Waals surface area contributed by atoms with Gasteiger partial charge in [-0.25, -0.2) is 17.2 Å². The van der Waals surface area contributed by atoms with Crippen molar-refractivity contribution in [2.75, 3.05) is 23.7 Å². The Morgan fingerprint density at radius 1 is 0.925 bits per heavy atom. The van der Waals surface area contributed by atoms with Gasteiger partial charge < -0.3 is 10.2 Å². The average Bonchev–Trinajstić information content (AvgIpc) is 2.91. The summed E-state index contributed by atoms with van der Waals surface area (Å²) in [5.74, 6) is -3.41. The van der Waals surface area contributed by atoms with Crippen molar-refractivity contribution in [3.63, 3.8) is 0 Å². The van der Waals surface area contributed by atoms with E-state index in [-0.39, 0.29) is 24.6 Å². The summed E-state index contributed by atoms with van der Waals surface area (Å²) < 4.78 is 53.8. The third-order valence-corrected chi connectivity index (χ3v) is 7.55. The van der Waals surface area contributed by atoms with Crippen molar-refractivity contribution in [1.82, 2.24) is 10.2 Å². The van der Waals surface area contributed by atoms with E-state index in [1.54, 1.807) is 0 Å². The van der Waals surface area contributed by atoms with Gasteiger partial charge in [-0.3, -0.25) is 13.9 Å². The van der Waals surface area contributed by atoms with Crippen LogP contribution in [0.5, 0.6) is 0 Å². The minimum absolute atomic E-state index is 0.0363. The summed E-state index contributed by atoms with van der Waals surface area (Å²) >= 11 is 0. The van der Waals surface area contributed by atoms with E-state index >= 15 is 0 Å². The highest BCUT2D eigenvalue weighted by Crippen LogP contribution is 2.22. The van der Waals surface area contributed by atoms with E-state index in [1.165, 1.54) is 4.90 Å². The number of carbonyl (C=O) groups excluding carboxylic acids is 2. The van der Waals surface area contributed by atoms with Crippen molar-refractivity contribution in [1.29, 1.82) is 0 Å². The Labute approximate surface area is 234 Å². The molecule has 1 unspecified atom stereocenters. The fraction of sp³-hybridized carbons (Fsp3) is 0.333. The molecule has 3 aromatic rings. The maximum absolute atomic E-state index is 14.0. The van der Waals surface area contributed by atoms with Crippen LogP contribution in [-0.2, 0) is 32.6 Å². The molecule has 0 aromatic heterocycles. The lowest BCUT2D eigenvalue weighted by molar-refractivity contribution is -0.140. The van der Waals surface area contributed by atoms with Crippen LogP contribution in [0.4, 0.5) is 14.5 Å². The third-order valence-electron chi connectivity index (χ3n) is 6.41. The van der Waals surface area contributed by atoms with E-state index in [1.807, 2.05) is 68.4 Å². The number of sulfonamides is 1. The number of benzene rings is 3. The second-order valence-corrected chi connectivity index (χ2v) is 11.6. The van der Waals surface area contributed by atoms with Gasteiger partial charge in [0.2, 0.25) is 21.8 Å². The molecule has 2 amide bonds. The number of hydrogen-bond acceptors (Lipinski definition) is 4. The van der Waals surface area contributed by atoms with Crippen LogP contribution < -0.4 is 9.62 Å². The van der Waals surface area contributed by atoms with Crippen LogP contribution >= 0.6 is 0 Å². The van der Waals surface area contributed by atoms with Crippen LogP contribution in [0.2, 0.25) is 0 Å². The maximum atomic E-state index is 14.0. The van der Waals surface area contributed by atoms with E-state index in [0.717, 1.165) is 58.3 Å². The Bertz CT molecular complexity index is 1420. The van der Waals surface area contributed by atoms with Gasteiger partial charge in [0, 0.05) is 25.6 Å². The summed E-state index contributed by atoms with van der Waals surface area (Å²) in [5.41, 5.74) is 2.33. The summed E-state index contributed by atoms with van der Waals surface area (Å²) in [6.45, 7) is 3.66. The Hall–Kier alpha value is -3.79. The Morgan fingerprint density at radius 2 is 1.62 bits per heavy atom. The van der Waals surface area contributed by atoms with Gasteiger partial charge in [-0.15, -0.1) is 0 Å². The van der Waals surface area contributed by atoms with Crippen LogP contribution in [0, 0.1) is 18.6 Å². The van der Waals surface area contributed by atoms with E-state index in [2.05, 4.69) is 5.32 Å². The van der Waals surface area contributed by atoms with Crippen molar-refractivity contribution >= 4 is 27.5 Å².